The summed E-state index contributed by atoms with van der Waals surface area (Å²) in [5.74, 6) is -1.13. The predicted molar refractivity (Wildman–Crippen MR) is 65.1 cm³/mol. The van der Waals surface area contributed by atoms with E-state index in [0.29, 0.717) is 12.8 Å². The van der Waals surface area contributed by atoms with Crippen molar-refractivity contribution in [3.63, 3.8) is 0 Å². The molecule has 5 heteroatoms. The Morgan fingerprint density at radius 2 is 1.89 bits per heavy atom. The summed E-state index contributed by atoms with van der Waals surface area (Å²) in [6, 6.07) is 0.208. The van der Waals surface area contributed by atoms with E-state index in [-0.39, 0.29) is 17.4 Å². The molecule has 1 aliphatic carbocycles. The highest BCUT2D eigenvalue weighted by Crippen LogP contribution is 2.37. The molecule has 2 aliphatic rings. The Kier molecular flexibility index (Phi) is 3.61. The first kappa shape index (κ1) is 13.3. The molecule has 1 aliphatic heterocycles. The van der Waals surface area contributed by atoms with Gasteiger partial charge in [0.05, 0.1) is 0 Å². The number of nitrogens with one attached hydrogen (secondary N) is 1. The number of carboxylic acids is 1. The second kappa shape index (κ2) is 4.88. The zero-order valence-electron chi connectivity index (χ0n) is 10.9. The number of ether oxygens (including phenoxy) is 1. The second-order valence-electron chi connectivity index (χ2n) is 6.14. The monoisotopic (exact) mass is 255 g/mol. The van der Waals surface area contributed by atoms with Crippen molar-refractivity contribution < 1.29 is 19.4 Å². The van der Waals surface area contributed by atoms with E-state index < -0.39 is 18.2 Å². The van der Waals surface area contributed by atoms with Gasteiger partial charge in [0.1, 0.15) is 6.10 Å². The Labute approximate surface area is 107 Å². The van der Waals surface area contributed by atoms with Crippen molar-refractivity contribution in [2.45, 2.75) is 64.2 Å². The average Bonchev–Trinajstić information content (AvgIpc) is 2.85. The van der Waals surface area contributed by atoms with Crippen LogP contribution in [0.2, 0.25) is 0 Å². The van der Waals surface area contributed by atoms with Crippen molar-refractivity contribution in [3.05, 3.63) is 0 Å². The van der Waals surface area contributed by atoms with Crippen LogP contribution in [-0.4, -0.2) is 35.2 Å². The Balaban J connectivity index is 1.81. The van der Waals surface area contributed by atoms with Crippen LogP contribution in [-0.2, 0) is 14.3 Å². The molecule has 2 N–H and O–H groups in total. The fourth-order valence-electron chi connectivity index (χ4n) is 2.87. The minimum absolute atomic E-state index is 0.151. The Hall–Kier alpha value is -1.10. The normalized spacial score (nSPS) is 34.4. The van der Waals surface area contributed by atoms with Gasteiger partial charge in [-0.3, -0.25) is 4.79 Å². The third kappa shape index (κ3) is 3.02. The van der Waals surface area contributed by atoms with Gasteiger partial charge in [-0.1, -0.05) is 13.8 Å². The molecule has 1 heterocycles. The number of aliphatic carboxylic acids is 1. The molecule has 0 bridgehead atoms. The van der Waals surface area contributed by atoms with E-state index in [0.717, 1.165) is 19.3 Å². The van der Waals surface area contributed by atoms with E-state index in [1.54, 1.807) is 0 Å². The van der Waals surface area contributed by atoms with Crippen molar-refractivity contribution in [3.8, 4) is 0 Å². The van der Waals surface area contributed by atoms with E-state index >= 15 is 0 Å². The summed E-state index contributed by atoms with van der Waals surface area (Å²) in [5.41, 5.74) is 0.290. The molecule has 3 atom stereocenters. The summed E-state index contributed by atoms with van der Waals surface area (Å²) >= 11 is 0. The van der Waals surface area contributed by atoms with Crippen LogP contribution in [0.1, 0.15) is 46.0 Å². The predicted octanol–water partition coefficient (Wildman–Crippen LogP) is 1.31. The van der Waals surface area contributed by atoms with Crippen molar-refractivity contribution >= 4 is 11.9 Å². The molecule has 1 saturated carbocycles. The maximum absolute atomic E-state index is 12.0. The van der Waals surface area contributed by atoms with Crippen LogP contribution in [0.15, 0.2) is 0 Å². The molecule has 0 aromatic rings. The summed E-state index contributed by atoms with van der Waals surface area (Å²) in [7, 11) is 0. The first-order valence-electron chi connectivity index (χ1n) is 6.56. The highest BCUT2D eigenvalue weighted by Gasteiger charge is 2.37. The number of carbonyl (C=O) groups excluding carboxylic acids is 1. The molecule has 0 aromatic carbocycles. The van der Waals surface area contributed by atoms with Crippen molar-refractivity contribution in [2.24, 2.45) is 5.41 Å². The maximum atomic E-state index is 12.0. The molecule has 1 saturated heterocycles. The molecule has 1 amide bonds. The highest BCUT2D eigenvalue weighted by molar-refractivity contribution is 5.82. The zero-order valence-corrected chi connectivity index (χ0v) is 10.9. The van der Waals surface area contributed by atoms with Crippen LogP contribution in [0.3, 0.4) is 0 Å². The van der Waals surface area contributed by atoms with Gasteiger partial charge < -0.3 is 15.2 Å². The van der Waals surface area contributed by atoms with E-state index in [2.05, 4.69) is 19.2 Å². The van der Waals surface area contributed by atoms with Gasteiger partial charge in [0.25, 0.3) is 0 Å². The summed E-state index contributed by atoms with van der Waals surface area (Å²) in [4.78, 5) is 22.7. The number of amides is 1. The number of hydrogen-bond donors (Lipinski definition) is 2. The maximum Gasteiger partial charge on any atom is 0.332 e. The summed E-state index contributed by atoms with van der Waals surface area (Å²) in [5, 5.41) is 11.8. The van der Waals surface area contributed by atoms with Gasteiger partial charge in [0, 0.05) is 6.04 Å². The van der Waals surface area contributed by atoms with Crippen LogP contribution in [0.5, 0.6) is 0 Å². The summed E-state index contributed by atoms with van der Waals surface area (Å²) in [6.45, 7) is 4.40. The van der Waals surface area contributed by atoms with Gasteiger partial charge in [0.15, 0.2) is 6.10 Å². The standard InChI is InChI=1S/C13H21NO4/c1-13(2)6-5-8(7-13)14-11(15)9-3-4-10(18-9)12(16)17/h8-10H,3-7H2,1-2H3,(H,14,15)(H,16,17). The second-order valence-corrected chi connectivity index (χ2v) is 6.14. The molecule has 18 heavy (non-hydrogen) atoms. The Morgan fingerprint density at radius 1 is 1.22 bits per heavy atom. The minimum atomic E-state index is -0.979. The highest BCUT2D eigenvalue weighted by atomic mass is 16.5. The molecule has 0 radical (unpaired) electrons. The molecule has 3 unspecified atom stereocenters. The number of carboxylic acid groups (broad SMARTS) is 1. The molecule has 2 fully saturated rings. The molecule has 5 nitrogen and oxygen atoms in total. The smallest absolute Gasteiger partial charge is 0.332 e. The van der Waals surface area contributed by atoms with Crippen LogP contribution in [0, 0.1) is 5.41 Å². The van der Waals surface area contributed by atoms with E-state index in [9.17, 15) is 9.59 Å². The molecule has 0 spiro atoms. The van der Waals surface area contributed by atoms with Gasteiger partial charge in [0.2, 0.25) is 5.91 Å². The van der Waals surface area contributed by atoms with Gasteiger partial charge in [-0.15, -0.1) is 0 Å². The van der Waals surface area contributed by atoms with Gasteiger partial charge in [-0.05, 0) is 37.5 Å². The van der Waals surface area contributed by atoms with Crippen LogP contribution < -0.4 is 5.32 Å². The van der Waals surface area contributed by atoms with Crippen molar-refractivity contribution in [2.75, 3.05) is 0 Å². The quantitative estimate of drug-likeness (QED) is 0.797. The van der Waals surface area contributed by atoms with Gasteiger partial charge in [-0.2, -0.15) is 0 Å². The summed E-state index contributed by atoms with van der Waals surface area (Å²) in [6.07, 6.45) is 2.60. The van der Waals surface area contributed by atoms with E-state index in [4.69, 9.17) is 9.84 Å². The number of rotatable bonds is 3. The van der Waals surface area contributed by atoms with Crippen molar-refractivity contribution in [1.82, 2.24) is 5.32 Å². The lowest BCUT2D eigenvalue weighted by molar-refractivity contribution is -0.151. The Bertz CT molecular complexity index is 353. The molecule has 0 aromatic heterocycles. The first-order chi connectivity index (χ1) is 8.37. The lowest BCUT2D eigenvalue weighted by Gasteiger charge is -2.19. The minimum Gasteiger partial charge on any atom is -0.479 e. The first-order valence-corrected chi connectivity index (χ1v) is 6.56. The fraction of sp³-hybridized carbons (Fsp3) is 0.846. The van der Waals surface area contributed by atoms with Gasteiger partial charge >= 0.3 is 5.97 Å². The van der Waals surface area contributed by atoms with Crippen molar-refractivity contribution in [1.29, 1.82) is 0 Å². The molecule has 102 valence electrons. The lowest BCUT2D eigenvalue weighted by Crippen LogP contribution is -2.41. The fourth-order valence-corrected chi connectivity index (χ4v) is 2.87. The SMILES string of the molecule is CC1(C)CCC(NC(=O)C2CCC(C(=O)O)O2)C1. The Morgan fingerprint density at radius 3 is 2.39 bits per heavy atom. The van der Waals surface area contributed by atoms with Crippen LogP contribution in [0.25, 0.3) is 0 Å². The third-order valence-corrected chi connectivity index (χ3v) is 3.90. The lowest BCUT2D eigenvalue weighted by atomic mass is 9.92. The van der Waals surface area contributed by atoms with E-state index in [1.807, 2.05) is 0 Å². The number of hydrogen-bond acceptors (Lipinski definition) is 3. The largest absolute Gasteiger partial charge is 0.479 e. The summed E-state index contributed by atoms with van der Waals surface area (Å²) < 4.78 is 5.24. The van der Waals surface area contributed by atoms with E-state index in [1.165, 1.54) is 0 Å². The molecular weight excluding hydrogens is 234 g/mol. The topological polar surface area (TPSA) is 75.6 Å². The molecule has 2 rings (SSSR count). The molecular formula is C13H21NO4. The average molecular weight is 255 g/mol. The van der Waals surface area contributed by atoms with Crippen LogP contribution in [0.4, 0.5) is 0 Å². The van der Waals surface area contributed by atoms with Gasteiger partial charge in [-0.25, -0.2) is 4.79 Å². The number of carbonyl (C=O) groups is 2. The van der Waals surface area contributed by atoms with Crippen LogP contribution >= 0.6 is 0 Å². The zero-order chi connectivity index (χ0) is 13.3. The third-order valence-electron chi connectivity index (χ3n) is 3.90.